The van der Waals surface area contributed by atoms with Crippen LogP contribution in [-0.4, -0.2) is 32.4 Å². The van der Waals surface area contributed by atoms with Crippen LogP contribution < -0.4 is 5.32 Å². The summed E-state index contributed by atoms with van der Waals surface area (Å²) in [6, 6.07) is 7.32. The lowest BCUT2D eigenvalue weighted by Crippen LogP contribution is -2.34. The maximum atomic E-state index is 12.8. The molecule has 0 aromatic heterocycles. The Bertz CT molecular complexity index is 524. The van der Waals surface area contributed by atoms with Gasteiger partial charge in [0.25, 0.3) is 0 Å². The average molecular weight is 282 g/mol. The van der Waals surface area contributed by atoms with Gasteiger partial charge in [-0.2, -0.15) is 4.31 Å². The van der Waals surface area contributed by atoms with Crippen LogP contribution in [-0.2, 0) is 10.0 Å². The molecule has 1 aromatic rings. The Morgan fingerprint density at radius 2 is 2.00 bits per heavy atom. The number of nitrogens with zero attached hydrogens (tertiary/aromatic N) is 1. The second kappa shape index (κ2) is 5.92. The predicted octanol–water partition coefficient (Wildman–Crippen LogP) is 2.68. The first kappa shape index (κ1) is 14.3. The molecule has 0 bridgehead atoms. The van der Waals surface area contributed by atoms with Crippen molar-refractivity contribution >= 4 is 15.7 Å². The molecule has 1 aromatic carbocycles. The molecular weight excluding hydrogens is 260 g/mol. The lowest BCUT2D eigenvalue weighted by molar-refractivity contribution is 0.396. The highest BCUT2D eigenvalue weighted by Gasteiger charge is 2.38. The number of anilines is 1. The van der Waals surface area contributed by atoms with Crippen LogP contribution in [0.3, 0.4) is 0 Å². The molecule has 2 rings (SSSR count). The number of hydrogen-bond acceptors (Lipinski definition) is 3. The molecule has 0 radical (unpaired) electrons. The minimum atomic E-state index is -3.38. The van der Waals surface area contributed by atoms with Gasteiger partial charge < -0.3 is 5.32 Å². The molecule has 0 spiro atoms. The molecule has 0 saturated heterocycles. The maximum Gasteiger partial charge on any atom is 0.245 e. The van der Waals surface area contributed by atoms with Crippen LogP contribution in [0.15, 0.2) is 29.2 Å². The second-order valence-electron chi connectivity index (χ2n) is 4.95. The van der Waals surface area contributed by atoms with Crippen molar-refractivity contribution in [2.45, 2.75) is 43.5 Å². The van der Waals surface area contributed by atoms with Gasteiger partial charge in [-0.1, -0.05) is 25.5 Å². The lowest BCUT2D eigenvalue weighted by Gasteiger charge is -2.23. The van der Waals surface area contributed by atoms with Crippen molar-refractivity contribution in [3.05, 3.63) is 24.3 Å². The van der Waals surface area contributed by atoms with Crippen molar-refractivity contribution in [1.29, 1.82) is 0 Å². The summed E-state index contributed by atoms with van der Waals surface area (Å²) in [5.41, 5.74) is 0.671. The highest BCUT2D eigenvalue weighted by molar-refractivity contribution is 7.89. The van der Waals surface area contributed by atoms with E-state index in [2.05, 4.69) is 12.2 Å². The van der Waals surface area contributed by atoms with E-state index in [1.807, 2.05) is 6.07 Å². The summed E-state index contributed by atoms with van der Waals surface area (Å²) < 4.78 is 27.3. The summed E-state index contributed by atoms with van der Waals surface area (Å²) in [7, 11) is -1.63. The summed E-state index contributed by atoms with van der Waals surface area (Å²) in [5.74, 6) is 0. The highest BCUT2D eigenvalue weighted by Crippen LogP contribution is 2.34. The molecule has 1 fully saturated rings. The summed E-state index contributed by atoms with van der Waals surface area (Å²) in [4.78, 5) is 0.389. The van der Waals surface area contributed by atoms with E-state index in [1.54, 1.807) is 29.6 Å². The Balaban J connectivity index is 2.33. The number of hydrogen-bond donors (Lipinski definition) is 1. The van der Waals surface area contributed by atoms with Crippen molar-refractivity contribution in [3.8, 4) is 0 Å². The van der Waals surface area contributed by atoms with E-state index in [0.717, 1.165) is 25.7 Å². The number of benzene rings is 1. The molecule has 1 aliphatic carbocycles. The van der Waals surface area contributed by atoms with Gasteiger partial charge in [0.05, 0.1) is 5.69 Å². The third-order valence-corrected chi connectivity index (χ3v) is 5.44. The van der Waals surface area contributed by atoms with Gasteiger partial charge in [0.1, 0.15) is 4.90 Å². The van der Waals surface area contributed by atoms with Crippen molar-refractivity contribution in [2.75, 3.05) is 18.9 Å². The predicted molar refractivity (Wildman–Crippen MR) is 77.8 cm³/mol. The number of nitrogens with one attached hydrogen (secondary N) is 1. The van der Waals surface area contributed by atoms with Gasteiger partial charge in [-0.3, -0.25) is 0 Å². The first-order valence-electron chi connectivity index (χ1n) is 6.90. The molecule has 5 heteroatoms. The van der Waals surface area contributed by atoms with E-state index in [9.17, 15) is 8.42 Å². The molecule has 19 heavy (non-hydrogen) atoms. The monoisotopic (exact) mass is 282 g/mol. The highest BCUT2D eigenvalue weighted by atomic mass is 32.2. The Kier molecular flexibility index (Phi) is 4.47. The molecule has 0 amide bonds. The quantitative estimate of drug-likeness (QED) is 0.836. The third-order valence-electron chi connectivity index (χ3n) is 3.43. The number of unbranched alkanes of at least 4 members (excludes halogenated alkanes) is 1. The fourth-order valence-electron chi connectivity index (χ4n) is 2.20. The summed E-state index contributed by atoms with van der Waals surface area (Å²) >= 11 is 0. The van der Waals surface area contributed by atoms with E-state index in [4.69, 9.17) is 0 Å². The van der Waals surface area contributed by atoms with Gasteiger partial charge in [-0.05, 0) is 31.4 Å². The van der Waals surface area contributed by atoms with Crippen LogP contribution in [0.1, 0.15) is 32.6 Å². The molecule has 1 aliphatic rings. The smallest absolute Gasteiger partial charge is 0.245 e. The first-order chi connectivity index (χ1) is 9.11. The van der Waals surface area contributed by atoms with Gasteiger partial charge in [-0.25, -0.2) is 8.42 Å². The summed E-state index contributed by atoms with van der Waals surface area (Å²) in [6.07, 6.45) is 3.90. The van der Waals surface area contributed by atoms with E-state index in [1.165, 1.54) is 0 Å². The van der Waals surface area contributed by atoms with Gasteiger partial charge in [0, 0.05) is 19.6 Å². The Labute approximate surface area is 115 Å². The van der Waals surface area contributed by atoms with Gasteiger partial charge >= 0.3 is 0 Å². The maximum absolute atomic E-state index is 12.8. The van der Waals surface area contributed by atoms with Gasteiger partial charge in [0.15, 0.2) is 0 Å². The van der Waals surface area contributed by atoms with Crippen LogP contribution in [0.2, 0.25) is 0 Å². The molecule has 4 nitrogen and oxygen atoms in total. The Morgan fingerprint density at radius 1 is 1.32 bits per heavy atom. The SMILES string of the molecule is CCCCN(C1CC1)S(=O)(=O)c1ccccc1NC. The van der Waals surface area contributed by atoms with Crippen molar-refractivity contribution in [3.63, 3.8) is 0 Å². The van der Waals surface area contributed by atoms with Crippen LogP contribution in [0.4, 0.5) is 5.69 Å². The van der Waals surface area contributed by atoms with E-state index < -0.39 is 10.0 Å². The molecule has 106 valence electrons. The lowest BCUT2D eigenvalue weighted by atomic mass is 10.3. The third kappa shape index (κ3) is 3.09. The van der Waals surface area contributed by atoms with E-state index in [0.29, 0.717) is 17.1 Å². The standard InChI is InChI=1S/C14H22N2O2S/c1-3-4-11-16(12-9-10-12)19(17,18)14-8-6-5-7-13(14)15-2/h5-8,12,15H,3-4,9-11H2,1-2H3. The van der Waals surface area contributed by atoms with E-state index >= 15 is 0 Å². The second-order valence-corrected chi connectivity index (χ2v) is 6.81. The number of sulfonamides is 1. The molecule has 0 aliphatic heterocycles. The topological polar surface area (TPSA) is 49.4 Å². The first-order valence-corrected chi connectivity index (χ1v) is 8.34. The minimum absolute atomic E-state index is 0.210. The minimum Gasteiger partial charge on any atom is -0.387 e. The fourth-order valence-corrected chi connectivity index (χ4v) is 4.12. The van der Waals surface area contributed by atoms with Crippen molar-refractivity contribution in [2.24, 2.45) is 0 Å². The number of para-hydroxylation sites is 1. The zero-order chi connectivity index (χ0) is 13.9. The van der Waals surface area contributed by atoms with Gasteiger partial charge in [0.2, 0.25) is 10.0 Å². The molecule has 1 N–H and O–H groups in total. The van der Waals surface area contributed by atoms with Crippen molar-refractivity contribution in [1.82, 2.24) is 4.31 Å². The Hall–Kier alpha value is -1.07. The average Bonchev–Trinajstić information content (AvgIpc) is 3.23. The Morgan fingerprint density at radius 3 is 2.58 bits per heavy atom. The summed E-state index contributed by atoms with van der Waals surface area (Å²) in [6.45, 7) is 2.71. The zero-order valence-corrected chi connectivity index (χ0v) is 12.4. The molecular formula is C14H22N2O2S. The van der Waals surface area contributed by atoms with Crippen LogP contribution in [0.5, 0.6) is 0 Å². The van der Waals surface area contributed by atoms with Gasteiger partial charge in [-0.15, -0.1) is 0 Å². The summed E-state index contributed by atoms with van der Waals surface area (Å²) in [5, 5.41) is 2.97. The van der Waals surface area contributed by atoms with Crippen LogP contribution in [0.25, 0.3) is 0 Å². The normalized spacial score (nSPS) is 15.7. The van der Waals surface area contributed by atoms with Crippen LogP contribution >= 0.6 is 0 Å². The van der Waals surface area contributed by atoms with Crippen molar-refractivity contribution < 1.29 is 8.42 Å². The zero-order valence-electron chi connectivity index (χ0n) is 11.6. The fraction of sp³-hybridized carbons (Fsp3) is 0.571. The molecule has 0 atom stereocenters. The van der Waals surface area contributed by atoms with Crippen LogP contribution in [0, 0.1) is 0 Å². The molecule has 1 saturated carbocycles. The molecule has 0 heterocycles. The molecule has 0 unspecified atom stereocenters. The number of rotatable bonds is 7. The van der Waals surface area contributed by atoms with E-state index in [-0.39, 0.29) is 6.04 Å². The largest absolute Gasteiger partial charge is 0.387 e.